The summed E-state index contributed by atoms with van der Waals surface area (Å²) >= 11 is 1.48. The van der Waals surface area contributed by atoms with E-state index in [0.717, 1.165) is 21.3 Å². The zero-order valence-electron chi connectivity index (χ0n) is 16.1. The molecule has 152 valence electrons. The van der Waals surface area contributed by atoms with E-state index in [1.807, 2.05) is 35.7 Å². The van der Waals surface area contributed by atoms with Crippen LogP contribution in [0.5, 0.6) is 0 Å². The molecular weight excluding hydrogens is 403 g/mol. The fraction of sp³-hybridized carbons (Fsp3) is 0.136. The highest BCUT2D eigenvalue weighted by Crippen LogP contribution is 2.38. The van der Waals surface area contributed by atoms with Crippen molar-refractivity contribution < 1.29 is 13.9 Å². The van der Waals surface area contributed by atoms with Crippen LogP contribution in [-0.4, -0.2) is 23.0 Å². The predicted octanol–water partition coefficient (Wildman–Crippen LogP) is 4.28. The number of hydrogen-bond donors (Lipinski definition) is 2. The molecule has 2 aromatic carbocycles. The Hall–Kier alpha value is -3.36. The topological polar surface area (TPSA) is 90.1 Å². The number of fused-ring (bicyclic) bond motifs is 1. The van der Waals surface area contributed by atoms with Crippen LogP contribution >= 0.6 is 11.3 Å². The van der Waals surface area contributed by atoms with Crippen molar-refractivity contribution >= 4 is 33.3 Å². The van der Waals surface area contributed by atoms with Gasteiger partial charge in [-0.1, -0.05) is 42.5 Å². The molecule has 2 aromatic heterocycles. The minimum absolute atomic E-state index is 0.223. The number of methoxy groups -OCH3 is 1. The van der Waals surface area contributed by atoms with Crippen LogP contribution in [0.15, 0.2) is 60.0 Å². The lowest BCUT2D eigenvalue weighted by Gasteiger charge is -2.18. The number of primary amides is 1. The number of nitrogens with two attached hydrogens (primary N) is 1. The predicted molar refractivity (Wildman–Crippen MR) is 116 cm³/mol. The standard InChI is InChI=1S/C22H19FN4O2S/c1-29-11-17-25-21(27-19(20(24)28)14-7-9-15(23)10-8-14)18-16(12-30-22(18)26-17)13-5-3-2-4-6-13/h2-10,12,19H,11H2,1H3,(H2,24,28)(H,25,26,27). The first kappa shape index (κ1) is 19.9. The van der Waals surface area contributed by atoms with E-state index in [2.05, 4.69) is 15.3 Å². The SMILES string of the molecule is COCc1nc(NC(C(N)=O)c2ccc(F)cc2)c2c(-c3ccccc3)csc2n1. The molecule has 0 fully saturated rings. The Morgan fingerprint density at radius 1 is 1.17 bits per heavy atom. The monoisotopic (exact) mass is 422 g/mol. The molecular formula is C22H19FN4O2S. The molecule has 8 heteroatoms. The summed E-state index contributed by atoms with van der Waals surface area (Å²) in [6.45, 7) is 0.223. The van der Waals surface area contributed by atoms with Gasteiger partial charge in [-0.2, -0.15) is 0 Å². The van der Waals surface area contributed by atoms with E-state index in [0.29, 0.717) is 17.2 Å². The number of aromatic nitrogens is 2. The number of rotatable bonds is 7. The molecule has 0 saturated heterocycles. The maximum Gasteiger partial charge on any atom is 0.244 e. The van der Waals surface area contributed by atoms with Crippen LogP contribution in [0.1, 0.15) is 17.4 Å². The molecule has 2 heterocycles. The number of carbonyl (C=O) groups excluding carboxylic acids is 1. The maximum absolute atomic E-state index is 13.4. The number of ether oxygens (including phenoxy) is 1. The summed E-state index contributed by atoms with van der Waals surface area (Å²) in [7, 11) is 1.56. The van der Waals surface area contributed by atoms with Crippen molar-refractivity contribution in [2.45, 2.75) is 12.6 Å². The Kier molecular flexibility index (Phi) is 5.69. The Morgan fingerprint density at radius 3 is 2.57 bits per heavy atom. The van der Waals surface area contributed by atoms with Crippen LogP contribution in [0.4, 0.5) is 10.2 Å². The molecule has 30 heavy (non-hydrogen) atoms. The van der Waals surface area contributed by atoms with E-state index >= 15 is 0 Å². The normalized spacial score (nSPS) is 12.1. The van der Waals surface area contributed by atoms with Gasteiger partial charge >= 0.3 is 0 Å². The summed E-state index contributed by atoms with van der Waals surface area (Å²) in [5, 5.41) is 5.95. The third kappa shape index (κ3) is 4.00. The van der Waals surface area contributed by atoms with Crippen molar-refractivity contribution in [1.82, 2.24) is 9.97 Å². The van der Waals surface area contributed by atoms with Crippen molar-refractivity contribution in [1.29, 1.82) is 0 Å². The average molecular weight is 422 g/mol. The molecule has 0 bridgehead atoms. The summed E-state index contributed by atoms with van der Waals surface area (Å²) in [4.78, 5) is 22.2. The number of carbonyl (C=O) groups is 1. The number of nitrogens with one attached hydrogen (secondary N) is 1. The number of amides is 1. The first-order valence-corrected chi connectivity index (χ1v) is 10.1. The first-order valence-electron chi connectivity index (χ1n) is 9.20. The lowest BCUT2D eigenvalue weighted by atomic mass is 10.0. The minimum atomic E-state index is -0.886. The fourth-order valence-electron chi connectivity index (χ4n) is 3.22. The van der Waals surface area contributed by atoms with Gasteiger partial charge in [0.1, 0.15) is 29.1 Å². The molecule has 0 spiro atoms. The zero-order valence-corrected chi connectivity index (χ0v) is 16.9. The van der Waals surface area contributed by atoms with Crippen molar-refractivity contribution in [3.8, 4) is 11.1 Å². The number of thiophene rings is 1. The summed E-state index contributed by atoms with van der Waals surface area (Å²) in [5.41, 5.74) is 8.16. The summed E-state index contributed by atoms with van der Waals surface area (Å²) < 4.78 is 18.5. The van der Waals surface area contributed by atoms with Gasteiger partial charge in [0, 0.05) is 18.1 Å². The van der Waals surface area contributed by atoms with E-state index in [-0.39, 0.29) is 6.61 Å². The molecule has 4 rings (SSSR count). The fourth-order valence-corrected chi connectivity index (χ4v) is 4.19. The number of nitrogens with zero attached hydrogens (tertiary/aromatic N) is 2. The number of benzene rings is 2. The van der Waals surface area contributed by atoms with E-state index in [4.69, 9.17) is 10.5 Å². The molecule has 0 saturated carbocycles. The van der Waals surface area contributed by atoms with E-state index in [1.165, 1.54) is 35.6 Å². The van der Waals surface area contributed by atoms with Crippen molar-refractivity contribution in [3.05, 3.63) is 77.2 Å². The zero-order chi connectivity index (χ0) is 21.1. The van der Waals surface area contributed by atoms with Crippen molar-refractivity contribution in [3.63, 3.8) is 0 Å². The average Bonchev–Trinajstić information content (AvgIpc) is 3.17. The Balaban J connectivity index is 1.85. The van der Waals surface area contributed by atoms with Gasteiger partial charge in [0.05, 0.1) is 5.39 Å². The van der Waals surface area contributed by atoms with Gasteiger partial charge in [-0.05, 0) is 23.3 Å². The van der Waals surface area contributed by atoms with Gasteiger partial charge in [0.15, 0.2) is 5.82 Å². The van der Waals surface area contributed by atoms with Crippen LogP contribution in [0, 0.1) is 5.82 Å². The maximum atomic E-state index is 13.4. The summed E-state index contributed by atoms with van der Waals surface area (Å²) in [6.07, 6.45) is 0. The van der Waals surface area contributed by atoms with Crippen LogP contribution in [0.2, 0.25) is 0 Å². The van der Waals surface area contributed by atoms with Gasteiger partial charge in [-0.15, -0.1) is 11.3 Å². The minimum Gasteiger partial charge on any atom is -0.377 e. The third-order valence-electron chi connectivity index (χ3n) is 4.61. The molecule has 1 atom stereocenters. The van der Waals surface area contributed by atoms with E-state index in [1.54, 1.807) is 7.11 Å². The summed E-state index contributed by atoms with van der Waals surface area (Å²) in [5.74, 6) is -0.0345. The van der Waals surface area contributed by atoms with Crippen LogP contribution in [0.3, 0.4) is 0 Å². The van der Waals surface area contributed by atoms with Gasteiger partial charge in [0.2, 0.25) is 5.91 Å². The molecule has 0 aliphatic carbocycles. The Labute approximate surface area is 176 Å². The Morgan fingerprint density at radius 2 is 1.90 bits per heavy atom. The second-order valence-electron chi connectivity index (χ2n) is 6.65. The van der Waals surface area contributed by atoms with E-state index in [9.17, 15) is 9.18 Å². The highest BCUT2D eigenvalue weighted by molar-refractivity contribution is 7.17. The number of hydrogen-bond acceptors (Lipinski definition) is 6. The molecule has 1 amide bonds. The number of anilines is 1. The summed E-state index contributed by atoms with van der Waals surface area (Å²) in [6, 6.07) is 14.6. The third-order valence-corrected chi connectivity index (χ3v) is 5.48. The molecule has 0 aliphatic rings. The lowest BCUT2D eigenvalue weighted by molar-refractivity contribution is -0.118. The molecule has 0 aliphatic heterocycles. The van der Waals surface area contributed by atoms with Crippen LogP contribution < -0.4 is 11.1 Å². The van der Waals surface area contributed by atoms with Gasteiger partial charge in [-0.25, -0.2) is 14.4 Å². The molecule has 3 N–H and O–H groups in total. The van der Waals surface area contributed by atoms with Crippen LogP contribution in [-0.2, 0) is 16.1 Å². The molecule has 6 nitrogen and oxygen atoms in total. The lowest BCUT2D eigenvalue weighted by Crippen LogP contribution is -2.28. The van der Waals surface area contributed by atoms with Crippen LogP contribution in [0.25, 0.3) is 21.3 Å². The molecule has 4 aromatic rings. The second kappa shape index (κ2) is 8.56. The smallest absolute Gasteiger partial charge is 0.244 e. The van der Waals surface area contributed by atoms with E-state index < -0.39 is 17.8 Å². The largest absolute Gasteiger partial charge is 0.377 e. The number of halogens is 1. The molecule has 1 unspecified atom stereocenters. The van der Waals surface area contributed by atoms with Crippen molar-refractivity contribution in [2.24, 2.45) is 5.73 Å². The van der Waals surface area contributed by atoms with Gasteiger partial charge in [0.25, 0.3) is 0 Å². The molecule has 0 radical (unpaired) electrons. The van der Waals surface area contributed by atoms with Crippen molar-refractivity contribution in [2.75, 3.05) is 12.4 Å². The Bertz CT molecular complexity index is 1180. The van der Waals surface area contributed by atoms with Gasteiger partial charge in [-0.3, -0.25) is 4.79 Å². The first-order chi connectivity index (χ1) is 14.6. The van der Waals surface area contributed by atoms with Gasteiger partial charge < -0.3 is 15.8 Å². The highest BCUT2D eigenvalue weighted by Gasteiger charge is 2.22. The quantitative estimate of drug-likeness (QED) is 0.464. The highest BCUT2D eigenvalue weighted by atomic mass is 32.1. The second-order valence-corrected chi connectivity index (χ2v) is 7.51.